The molecule has 2 aromatic rings. The third-order valence-electron chi connectivity index (χ3n) is 2.86. The summed E-state index contributed by atoms with van der Waals surface area (Å²) in [5.74, 6) is 0.409. The summed E-state index contributed by atoms with van der Waals surface area (Å²) in [6.45, 7) is 2.32. The van der Waals surface area contributed by atoms with E-state index in [2.05, 4.69) is 30.5 Å². The zero-order valence-electron chi connectivity index (χ0n) is 11.7. The van der Waals surface area contributed by atoms with Crippen LogP contribution in [0.3, 0.4) is 0 Å². The molecule has 112 valence electrons. The molecule has 10 heteroatoms. The van der Waals surface area contributed by atoms with E-state index in [0.29, 0.717) is 22.9 Å². The van der Waals surface area contributed by atoms with Crippen molar-refractivity contribution in [2.45, 2.75) is 36.1 Å². The van der Waals surface area contributed by atoms with Crippen LogP contribution in [0.5, 0.6) is 6.01 Å². The van der Waals surface area contributed by atoms with Gasteiger partial charge in [-0.05, 0) is 31.5 Å². The monoisotopic (exact) mass is 309 g/mol. The molecule has 21 heavy (non-hydrogen) atoms. The van der Waals surface area contributed by atoms with Gasteiger partial charge in [-0.1, -0.05) is 0 Å². The van der Waals surface area contributed by atoms with Crippen molar-refractivity contribution in [2.24, 2.45) is 0 Å². The fraction of sp³-hybridized carbons (Fsp3) is 0.545. The predicted octanol–water partition coefficient (Wildman–Crippen LogP) is 0.683. The molecule has 2 heterocycles. The molecule has 0 aromatic carbocycles. The summed E-state index contributed by atoms with van der Waals surface area (Å²) in [6.07, 6.45) is 1.99. The highest BCUT2D eigenvalue weighted by atomic mass is 32.2. The molecule has 1 aliphatic carbocycles. The molecule has 1 aliphatic rings. The van der Waals surface area contributed by atoms with Crippen molar-refractivity contribution in [1.29, 1.82) is 0 Å². The predicted molar refractivity (Wildman–Crippen MR) is 75.8 cm³/mol. The van der Waals surface area contributed by atoms with Gasteiger partial charge in [0.25, 0.3) is 0 Å². The first-order valence-electron chi connectivity index (χ1n) is 6.62. The van der Waals surface area contributed by atoms with Crippen LogP contribution < -0.4 is 15.7 Å². The Balaban J connectivity index is 1.90. The molecule has 0 saturated heterocycles. The van der Waals surface area contributed by atoms with E-state index in [-0.39, 0.29) is 17.7 Å². The maximum absolute atomic E-state index is 11.7. The second-order valence-electron chi connectivity index (χ2n) is 4.42. The summed E-state index contributed by atoms with van der Waals surface area (Å²) in [4.78, 5) is 24.3. The number of aromatic amines is 1. The lowest BCUT2D eigenvalue weighted by molar-refractivity contribution is 0.308. The Hall–Kier alpha value is -2.10. The lowest BCUT2D eigenvalue weighted by Gasteiger charge is -2.06. The van der Waals surface area contributed by atoms with Crippen LogP contribution in [0.4, 0.5) is 5.95 Å². The van der Waals surface area contributed by atoms with Crippen LogP contribution in [-0.4, -0.2) is 43.4 Å². The molecule has 1 fully saturated rings. The molecule has 0 bridgehead atoms. The van der Waals surface area contributed by atoms with Gasteiger partial charge in [-0.2, -0.15) is 15.0 Å². The van der Waals surface area contributed by atoms with Gasteiger partial charge in [0.1, 0.15) is 0 Å². The summed E-state index contributed by atoms with van der Waals surface area (Å²) >= 11 is 1.21. The average molecular weight is 309 g/mol. The molecule has 2 N–H and O–H groups in total. The first-order chi connectivity index (χ1) is 10.2. The Morgan fingerprint density at radius 1 is 1.43 bits per heavy atom. The number of H-pyrrole nitrogens is 1. The van der Waals surface area contributed by atoms with E-state index in [1.54, 1.807) is 11.6 Å². The van der Waals surface area contributed by atoms with Crippen molar-refractivity contribution < 1.29 is 4.74 Å². The molecule has 2 aromatic heterocycles. The van der Waals surface area contributed by atoms with Crippen LogP contribution in [0, 0.1) is 0 Å². The first kappa shape index (κ1) is 13.9. The van der Waals surface area contributed by atoms with Gasteiger partial charge in [0.15, 0.2) is 5.16 Å². The minimum atomic E-state index is -0.201. The minimum Gasteiger partial charge on any atom is -0.464 e. The van der Waals surface area contributed by atoms with Gasteiger partial charge in [0.05, 0.1) is 6.61 Å². The summed E-state index contributed by atoms with van der Waals surface area (Å²) in [5, 5.41) is 10.3. The number of anilines is 1. The second kappa shape index (κ2) is 5.72. The summed E-state index contributed by atoms with van der Waals surface area (Å²) < 4.78 is 6.96. The number of hydrogen-bond donors (Lipinski definition) is 2. The topological polar surface area (TPSA) is 111 Å². The number of ether oxygens (including phenoxy) is 1. The maximum atomic E-state index is 11.7. The van der Waals surface area contributed by atoms with Crippen molar-refractivity contribution in [3.05, 3.63) is 10.5 Å². The first-order valence-corrected chi connectivity index (χ1v) is 7.44. The van der Waals surface area contributed by atoms with Crippen molar-refractivity contribution in [3.8, 4) is 6.01 Å². The highest BCUT2D eigenvalue weighted by Crippen LogP contribution is 2.37. The number of rotatable bonds is 6. The van der Waals surface area contributed by atoms with E-state index < -0.39 is 0 Å². The highest BCUT2D eigenvalue weighted by Gasteiger charge is 2.29. The molecule has 0 spiro atoms. The van der Waals surface area contributed by atoms with Gasteiger partial charge in [0, 0.05) is 13.1 Å². The number of nitrogens with zero attached hydrogens (tertiary/aromatic N) is 5. The molecular formula is C11H15N7O2S. The largest absolute Gasteiger partial charge is 0.464 e. The molecule has 0 unspecified atom stereocenters. The van der Waals surface area contributed by atoms with E-state index >= 15 is 0 Å². The molecule has 1 saturated carbocycles. The number of aromatic nitrogens is 6. The van der Waals surface area contributed by atoms with Gasteiger partial charge in [-0.15, -0.1) is 5.10 Å². The van der Waals surface area contributed by atoms with Gasteiger partial charge < -0.3 is 10.1 Å². The molecule has 0 atom stereocenters. The number of hydrogen-bond acceptors (Lipinski definition) is 8. The van der Waals surface area contributed by atoms with E-state index in [1.807, 2.05) is 6.92 Å². The molecule has 0 aliphatic heterocycles. The SMILES string of the molecule is CCOc1nc(NC)nc(Sc2n[nH]c(=O)n2C2CC2)n1. The average Bonchev–Trinajstić information content (AvgIpc) is 3.24. The molecule has 0 radical (unpaired) electrons. The number of nitrogens with one attached hydrogen (secondary N) is 2. The lowest BCUT2D eigenvalue weighted by atomic mass is 10.7. The van der Waals surface area contributed by atoms with Crippen LogP contribution in [-0.2, 0) is 0 Å². The Morgan fingerprint density at radius 3 is 2.90 bits per heavy atom. The minimum absolute atomic E-state index is 0.201. The summed E-state index contributed by atoms with van der Waals surface area (Å²) in [5.41, 5.74) is -0.201. The Bertz CT molecular complexity index is 694. The Morgan fingerprint density at radius 2 is 2.24 bits per heavy atom. The lowest BCUT2D eigenvalue weighted by Crippen LogP contribution is -2.16. The highest BCUT2D eigenvalue weighted by molar-refractivity contribution is 7.99. The van der Waals surface area contributed by atoms with Gasteiger partial charge in [-0.25, -0.2) is 9.89 Å². The zero-order chi connectivity index (χ0) is 14.8. The van der Waals surface area contributed by atoms with Gasteiger partial charge in [-0.3, -0.25) is 4.57 Å². The normalized spacial score (nSPS) is 14.2. The standard InChI is InChI=1S/C11H15N7O2S/c1-3-20-8-13-7(12-2)14-9(15-8)21-11-17-16-10(19)18(11)6-4-5-6/h6H,3-5H2,1-2H3,(H,16,19)(H,12,13,14,15). The van der Waals surface area contributed by atoms with Crippen LogP contribution in [0.2, 0.25) is 0 Å². The van der Waals surface area contributed by atoms with E-state index in [9.17, 15) is 4.79 Å². The Kier molecular flexibility index (Phi) is 3.78. The van der Waals surface area contributed by atoms with Crippen LogP contribution >= 0.6 is 11.8 Å². The van der Waals surface area contributed by atoms with Crippen LogP contribution in [0.25, 0.3) is 0 Å². The van der Waals surface area contributed by atoms with Crippen molar-refractivity contribution in [1.82, 2.24) is 29.7 Å². The summed E-state index contributed by atoms with van der Waals surface area (Å²) in [6, 6.07) is 0.478. The smallest absolute Gasteiger partial charge is 0.344 e. The third kappa shape index (κ3) is 2.99. The fourth-order valence-electron chi connectivity index (χ4n) is 1.79. The quantitative estimate of drug-likeness (QED) is 0.801. The third-order valence-corrected chi connectivity index (χ3v) is 3.69. The van der Waals surface area contributed by atoms with Crippen LogP contribution in [0.15, 0.2) is 15.1 Å². The zero-order valence-corrected chi connectivity index (χ0v) is 12.5. The molecule has 0 amide bonds. The molecule has 3 rings (SSSR count). The van der Waals surface area contributed by atoms with E-state index in [0.717, 1.165) is 12.8 Å². The van der Waals surface area contributed by atoms with E-state index in [1.165, 1.54) is 11.8 Å². The van der Waals surface area contributed by atoms with Crippen LogP contribution in [0.1, 0.15) is 25.8 Å². The van der Waals surface area contributed by atoms with Crippen molar-refractivity contribution in [2.75, 3.05) is 19.0 Å². The molecule has 9 nitrogen and oxygen atoms in total. The van der Waals surface area contributed by atoms with Gasteiger partial charge >= 0.3 is 11.7 Å². The second-order valence-corrected chi connectivity index (χ2v) is 5.36. The maximum Gasteiger partial charge on any atom is 0.344 e. The van der Waals surface area contributed by atoms with Crippen molar-refractivity contribution >= 4 is 17.7 Å². The van der Waals surface area contributed by atoms with E-state index in [4.69, 9.17) is 4.74 Å². The summed E-state index contributed by atoms with van der Waals surface area (Å²) in [7, 11) is 1.72. The fourth-order valence-corrected chi connectivity index (χ4v) is 2.63. The molecular weight excluding hydrogens is 294 g/mol. The van der Waals surface area contributed by atoms with Crippen molar-refractivity contribution in [3.63, 3.8) is 0 Å². The van der Waals surface area contributed by atoms with Gasteiger partial charge in [0.2, 0.25) is 11.1 Å². The Labute approximate surface area is 124 Å².